The normalized spacial score (nSPS) is 10.9. The molecule has 0 saturated carbocycles. The average molecular weight is 269 g/mol. The maximum Gasteiger partial charge on any atom is 0.252 e. The number of rotatable bonds is 3. The Morgan fingerprint density at radius 3 is 2.80 bits per heavy atom. The van der Waals surface area contributed by atoms with E-state index in [9.17, 15) is 4.79 Å². The van der Waals surface area contributed by atoms with Crippen molar-refractivity contribution in [2.45, 2.75) is 6.54 Å². The van der Waals surface area contributed by atoms with Crippen molar-refractivity contribution in [1.29, 1.82) is 0 Å². The first kappa shape index (κ1) is 12.4. The molecule has 20 heavy (non-hydrogen) atoms. The lowest BCUT2D eigenvalue weighted by Gasteiger charge is -2.11. The number of hydrogen-bond donors (Lipinski definition) is 1. The molecule has 0 aliphatic heterocycles. The van der Waals surface area contributed by atoms with Gasteiger partial charge in [-0.3, -0.25) is 4.79 Å². The van der Waals surface area contributed by atoms with Gasteiger partial charge in [0.25, 0.3) is 5.56 Å². The molecule has 6 heteroatoms. The van der Waals surface area contributed by atoms with Crippen molar-refractivity contribution in [2.24, 2.45) is 14.1 Å². The fourth-order valence-corrected chi connectivity index (χ4v) is 2.20. The van der Waals surface area contributed by atoms with Crippen LogP contribution in [0.15, 0.2) is 41.5 Å². The summed E-state index contributed by atoms with van der Waals surface area (Å²) in [6.45, 7) is 0.521. The van der Waals surface area contributed by atoms with Crippen molar-refractivity contribution in [3.8, 4) is 0 Å². The van der Waals surface area contributed by atoms with Crippen LogP contribution in [0.25, 0.3) is 10.9 Å². The van der Waals surface area contributed by atoms with E-state index in [2.05, 4.69) is 15.5 Å². The third-order valence-electron chi connectivity index (χ3n) is 3.40. The summed E-state index contributed by atoms with van der Waals surface area (Å²) in [5.41, 5.74) is 1.68. The van der Waals surface area contributed by atoms with Crippen molar-refractivity contribution >= 4 is 16.6 Å². The molecule has 2 aromatic heterocycles. The van der Waals surface area contributed by atoms with Crippen LogP contribution in [-0.2, 0) is 20.6 Å². The van der Waals surface area contributed by atoms with Crippen LogP contribution in [-0.4, -0.2) is 19.3 Å². The SMILES string of the molecule is Cn1cnnc1CNc1cc(=O)n(C)c2ccccc12. The third kappa shape index (κ3) is 2.05. The predicted octanol–water partition coefficient (Wildman–Crippen LogP) is 1.28. The van der Waals surface area contributed by atoms with Gasteiger partial charge in [-0.2, -0.15) is 0 Å². The van der Waals surface area contributed by atoms with Crippen LogP contribution in [0, 0.1) is 0 Å². The van der Waals surface area contributed by atoms with Crippen molar-refractivity contribution in [1.82, 2.24) is 19.3 Å². The number of nitrogens with zero attached hydrogens (tertiary/aromatic N) is 4. The van der Waals surface area contributed by atoms with Crippen LogP contribution in [0.3, 0.4) is 0 Å². The summed E-state index contributed by atoms with van der Waals surface area (Å²) in [6.07, 6.45) is 1.65. The van der Waals surface area contributed by atoms with Crippen LogP contribution in [0.4, 0.5) is 5.69 Å². The summed E-state index contributed by atoms with van der Waals surface area (Å²) in [5, 5.41) is 12.1. The highest BCUT2D eigenvalue weighted by atomic mass is 16.1. The Balaban J connectivity index is 2.01. The van der Waals surface area contributed by atoms with Gasteiger partial charge < -0.3 is 14.5 Å². The lowest BCUT2D eigenvalue weighted by molar-refractivity contribution is 0.812. The second-order valence-electron chi connectivity index (χ2n) is 4.68. The molecule has 0 unspecified atom stereocenters. The molecule has 3 rings (SSSR count). The van der Waals surface area contributed by atoms with Gasteiger partial charge in [-0.05, 0) is 6.07 Å². The smallest absolute Gasteiger partial charge is 0.252 e. The second-order valence-corrected chi connectivity index (χ2v) is 4.68. The zero-order valence-electron chi connectivity index (χ0n) is 11.4. The Labute approximate surface area is 115 Å². The minimum absolute atomic E-state index is 0.0378. The fraction of sp³-hybridized carbons (Fsp3) is 0.214. The zero-order chi connectivity index (χ0) is 14.1. The van der Waals surface area contributed by atoms with Gasteiger partial charge in [0.15, 0.2) is 5.82 Å². The number of benzene rings is 1. The first-order chi connectivity index (χ1) is 9.66. The molecule has 102 valence electrons. The largest absolute Gasteiger partial charge is 0.377 e. The Kier molecular flexibility index (Phi) is 2.98. The van der Waals surface area contributed by atoms with E-state index in [0.717, 1.165) is 22.4 Å². The molecule has 0 radical (unpaired) electrons. The van der Waals surface area contributed by atoms with E-state index in [-0.39, 0.29) is 5.56 Å². The quantitative estimate of drug-likeness (QED) is 0.778. The molecular formula is C14H15N5O. The Hall–Kier alpha value is -2.63. The minimum Gasteiger partial charge on any atom is -0.377 e. The molecule has 0 bridgehead atoms. The standard InChI is InChI=1S/C14H15N5O/c1-18-9-16-17-13(18)8-15-11-7-14(20)19(2)12-6-4-3-5-10(11)12/h3-7,9,15H,8H2,1-2H3. The number of aryl methyl sites for hydroxylation is 2. The maximum atomic E-state index is 12.0. The van der Waals surface area contributed by atoms with Gasteiger partial charge in [-0.15, -0.1) is 10.2 Å². The molecule has 0 spiro atoms. The molecule has 0 aliphatic rings. The number of hydrogen-bond acceptors (Lipinski definition) is 4. The van der Waals surface area contributed by atoms with Crippen LogP contribution in [0.5, 0.6) is 0 Å². The number of aromatic nitrogens is 4. The lowest BCUT2D eigenvalue weighted by Crippen LogP contribution is -2.17. The summed E-state index contributed by atoms with van der Waals surface area (Å²) in [4.78, 5) is 12.0. The molecule has 0 fully saturated rings. The molecule has 0 aliphatic carbocycles. The summed E-state index contributed by atoms with van der Waals surface area (Å²) in [5.74, 6) is 0.815. The Morgan fingerprint density at radius 1 is 1.25 bits per heavy atom. The molecule has 6 nitrogen and oxygen atoms in total. The highest BCUT2D eigenvalue weighted by Crippen LogP contribution is 2.21. The number of nitrogens with one attached hydrogen (secondary N) is 1. The minimum atomic E-state index is -0.0378. The highest BCUT2D eigenvalue weighted by molar-refractivity contribution is 5.91. The predicted molar refractivity (Wildman–Crippen MR) is 77.5 cm³/mol. The van der Waals surface area contributed by atoms with E-state index < -0.39 is 0 Å². The zero-order valence-corrected chi connectivity index (χ0v) is 11.4. The summed E-state index contributed by atoms with van der Waals surface area (Å²) < 4.78 is 3.49. The number of pyridine rings is 1. The molecule has 1 N–H and O–H groups in total. The number of para-hydroxylation sites is 1. The molecule has 0 amide bonds. The summed E-state index contributed by atoms with van der Waals surface area (Å²) >= 11 is 0. The molecular weight excluding hydrogens is 254 g/mol. The van der Waals surface area contributed by atoms with Crippen molar-refractivity contribution in [3.63, 3.8) is 0 Å². The molecule has 0 atom stereocenters. The fourth-order valence-electron chi connectivity index (χ4n) is 2.20. The summed E-state index contributed by atoms with van der Waals surface area (Å²) in [6, 6.07) is 9.42. The van der Waals surface area contributed by atoms with Crippen LogP contribution >= 0.6 is 0 Å². The summed E-state index contributed by atoms with van der Waals surface area (Å²) in [7, 11) is 3.66. The van der Waals surface area contributed by atoms with Gasteiger partial charge in [0, 0.05) is 31.2 Å². The first-order valence-electron chi connectivity index (χ1n) is 6.32. The lowest BCUT2D eigenvalue weighted by atomic mass is 10.2. The van der Waals surface area contributed by atoms with Gasteiger partial charge in [0.2, 0.25) is 0 Å². The van der Waals surface area contributed by atoms with E-state index in [4.69, 9.17) is 0 Å². The van der Waals surface area contributed by atoms with E-state index in [1.807, 2.05) is 35.9 Å². The Bertz CT molecular complexity index is 818. The van der Waals surface area contributed by atoms with Gasteiger partial charge >= 0.3 is 0 Å². The average Bonchev–Trinajstić information content (AvgIpc) is 2.87. The van der Waals surface area contributed by atoms with Crippen LogP contribution in [0.1, 0.15) is 5.82 Å². The number of fused-ring (bicyclic) bond motifs is 1. The van der Waals surface area contributed by atoms with Gasteiger partial charge in [-0.1, -0.05) is 18.2 Å². The van der Waals surface area contributed by atoms with Gasteiger partial charge in [0.1, 0.15) is 6.33 Å². The van der Waals surface area contributed by atoms with Crippen molar-refractivity contribution < 1.29 is 0 Å². The molecule has 3 aromatic rings. The molecule has 1 aromatic carbocycles. The van der Waals surface area contributed by atoms with E-state index in [1.165, 1.54) is 0 Å². The topological polar surface area (TPSA) is 64.7 Å². The third-order valence-corrected chi connectivity index (χ3v) is 3.40. The first-order valence-corrected chi connectivity index (χ1v) is 6.32. The van der Waals surface area contributed by atoms with E-state index in [1.54, 1.807) is 24.0 Å². The number of anilines is 1. The van der Waals surface area contributed by atoms with Crippen molar-refractivity contribution in [3.05, 3.63) is 52.8 Å². The van der Waals surface area contributed by atoms with Gasteiger partial charge in [0.05, 0.1) is 12.1 Å². The monoisotopic (exact) mass is 269 g/mol. The molecule has 0 saturated heterocycles. The highest BCUT2D eigenvalue weighted by Gasteiger charge is 2.07. The van der Waals surface area contributed by atoms with Gasteiger partial charge in [-0.25, -0.2) is 0 Å². The molecule has 2 heterocycles. The maximum absolute atomic E-state index is 12.0. The van der Waals surface area contributed by atoms with Crippen molar-refractivity contribution in [2.75, 3.05) is 5.32 Å². The van der Waals surface area contributed by atoms with Crippen LogP contribution < -0.4 is 10.9 Å². The second kappa shape index (κ2) is 4.80. The Morgan fingerprint density at radius 2 is 2.05 bits per heavy atom. The van der Waals surface area contributed by atoms with Crippen LogP contribution in [0.2, 0.25) is 0 Å². The van der Waals surface area contributed by atoms with E-state index >= 15 is 0 Å². The van der Waals surface area contributed by atoms with E-state index in [0.29, 0.717) is 6.54 Å².